The van der Waals surface area contributed by atoms with E-state index in [2.05, 4.69) is 0 Å². The highest BCUT2D eigenvalue weighted by atomic mass is 32.2. The van der Waals surface area contributed by atoms with Crippen molar-refractivity contribution >= 4 is 29.7 Å². The van der Waals surface area contributed by atoms with Crippen molar-refractivity contribution in [1.29, 1.82) is 0 Å². The number of thioether (sulfide) groups is 1. The summed E-state index contributed by atoms with van der Waals surface area (Å²) in [5.41, 5.74) is 14.3. The predicted octanol–water partition coefficient (Wildman–Crippen LogP) is -1.65. The van der Waals surface area contributed by atoms with Crippen molar-refractivity contribution in [1.82, 2.24) is 0 Å². The fourth-order valence-electron chi connectivity index (χ4n) is 0.465. The van der Waals surface area contributed by atoms with Gasteiger partial charge in [-0.1, -0.05) is 0 Å². The van der Waals surface area contributed by atoms with Crippen LogP contribution in [0.1, 0.15) is 13.8 Å². The molecule has 20 heavy (non-hydrogen) atoms. The Kier molecular flexibility index (Phi) is 9.98. The molecule has 0 fully saturated rings. The molecule has 0 heterocycles. The molecule has 0 radical (unpaired) electrons. The lowest BCUT2D eigenvalue weighted by Gasteiger charge is -2.09. The van der Waals surface area contributed by atoms with Gasteiger partial charge in [-0.15, -0.1) is 0 Å². The van der Waals surface area contributed by atoms with Crippen LogP contribution in [0.15, 0.2) is 0 Å². The van der Waals surface area contributed by atoms with Crippen molar-refractivity contribution in [3.8, 4) is 0 Å². The first-order valence-electron chi connectivity index (χ1n) is 5.46. The van der Waals surface area contributed by atoms with Crippen molar-refractivity contribution < 1.29 is 29.7 Å². The third-order valence-electron chi connectivity index (χ3n) is 1.78. The molecule has 0 aromatic heterocycles. The zero-order valence-electron chi connectivity index (χ0n) is 11.3. The molecular weight excluding hydrogens is 290 g/mol. The largest absolute Gasteiger partial charge is 0.480 e. The van der Waals surface area contributed by atoms with Gasteiger partial charge in [0.1, 0.15) is 17.6 Å². The van der Waals surface area contributed by atoms with Crippen molar-refractivity contribution in [3.05, 3.63) is 0 Å². The highest BCUT2D eigenvalue weighted by Gasteiger charge is 2.19. The van der Waals surface area contributed by atoms with Crippen molar-refractivity contribution in [2.45, 2.75) is 31.5 Å². The minimum Gasteiger partial charge on any atom is -0.480 e. The highest BCUT2D eigenvalue weighted by Crippen LogP contribution is 2.03. The Morgan fingerprint density at radius 1 is 1.00 bits per heavy atom. The number of carboxylic acids is 3. The average molecular weight is 311 g/mol. The lowest BCUT2D eigenvalue weighted by atomic mass is 10.1. The number of hydrogen-bond acceptors (Lipinski definition) is 7. The molecule has 9 N–H and O–H groups in total. The Hall–Kier alpha value is -1.36. The number of nitrogens with two attached hydrogens (primary N) is 3. The third-order valence-corrected chi connectivity index (χ3v) is 2.97. The van der Waals surface area contributed by atoms with E-state index in [1.165, 1.54) is 13.8 Å². The van der Waals surface area contributed by atoms with Crippen LogP contribution in [-0.4, -0.2) is 62.4 Å². The molecular formula is C10H21N3O6S. The van der Waals surface area contributed by atoms with Crippen LogP contribution in [0, 0.1) is 0 Å². The van der Waals surface area contributed by atoms with E-state index in [0.717, 1.165) is 11.8 Å². The van der Waals surface area contributed by atoms with E-state index in [-0.39, 0.29) is 11.5 Å². The fourth-order valence-corrected chi connectivity index (χ4v) is 1.39. The Balaban J connectivity index is 0. The summed E-state index contributed by atoms with van der Waals surface area (Å²) in [7, 11) is 0. The second kappa shape index (κ2) is 9.53. The molecule has 0 aliphatic carbocycles. The SMILES string of the molecule is CC(C)(N)C(=O)O.NC(CSC[C@H](N)C(=O)O)C(=O)O. The van der Waals surface area contributed by atoms with E-state index in [1.807, 2.05) is 0 Å². The van der Waals surface area contributed by atoms with Gasteiger partial charge in [0.25, 0.3) is 0 Å². The summed E-state index contributed by atoms with van der Waals surface area (Å²) in [6.45, 7) is 2.88. The molecule has 0 bridgehead atoms. The van der Waals surface area contributed by atoms with E-state index in [1.54, 1.807) is 0 Å². The molecule has 9 nitrogen and oxygen atoms in total. The van der Waals surface area contributed by atoms with Crippen molar-refractivity contribution in [2.75, 3.05) is 11.5 Å². The van der Waals surface area contributed by atoms with Crippen LogP contribution in [0.3, 0.4) is 0 Å². The van der Waals surface area contributed by atoms with Crippen LogP contribution in [0.25, 0.3) is 0 Å². The quantitative estimate of drug-likeness (QED) is 0.317. The topological polar surface area (TPSA) is 190 Å². The van der Waals surface area contributed by atoms with Crippen LogP contribution >= 0.6 is 11.8 Å². The molecule has 0 aromatic rings. The molecule has 0 rings (SSSR count). The maximum absolute atomic E-state index is 10.2. The van der Waals surface area contributed by atoms with Crippen LogP contribution in [0.2, 0.25) is 0 Å². The Morgan fingerprint density at radius 2 is 1.25 bits per heavy atom. The fraction of sp³-hybridized carbons (Fsp3) is 0.700. The number of carbonyl (C=O) groups is 3. The molecule has 0 saturated carbocycles. The lowest BCUT2D eigenvalue weighted by molar-refractivity contribution is -0.142. The molecule has 2 atom stereocenters. The second-order valence-corrected chi connectivity index (χ2v) is 5.53. The first-order valence-corrected chi connectivity index (χ1v) is 6.61. The molecule has 0 saturated heterocycles. The normalized spacial score (nSPS) is 13.7. The lowest BCUT2D eigenvalue weighted by Crippen LogP contribution is -2.41. The number of aliphatic carboxylic acids is 3. The predicted molar refractivity (Wildman–Crippen MR) is 74.4 cm³/mol. The van der Waals surface area contributed by atoms with Crippen LogP contribution < -0.4 is 17.2 Å². The van der Waals surface area contributed by atoms with Gasteiger partial charge in [0.2, 0.25) is 0 Å². The first-order chi connectivity index (χ1) is 8.89. The van der Waals surface area contributed by atoms with Gasteiger partial charge >= 0.3 is 17.9 Å². The molecule has 0 aliphatic rings. The highest BCUT2D eigenvalue weighted by molar-refractivity contribution is 7.99. The van der Waals surface area contributed by atoms with E-state index >= 15 is 0 Å². The van der Waals surface area contributed by atoms with Gasteiger partial charge in [0.15, 0.2) is 0 Å². The van der Waals surface area contributed by atoms with Crippen molar-refractivity contribution in [3.63, 3.8) is 0 Å². The van der Waals surface area contributed by atoms with E-state index < -0.39 is 35.5 Å². The van der Waals surface area contributed by atoms with E-state index in [4.69, 9.17) is 32.5 Å². The second-order valence-electron chi connectivity index (χ2n) is 4.45. The van der Waals surface area contributed by atoms with Gasteiger partial charge in [0, 0.05) is 11.5 Å². The summed E-state index contributed by atoms with van der Waals surface area (Å²) in [6, 6.07) is -1.93. The molecule has 118 valence electrons. The smallest absolute Gasteiger partial charge is 0.323 e. The standard InChI is InChI=1S/C6H12N2O4S.C4H9NO2/c7-3(5(9)10)1-13-2-4(8)6(11)12;1-4(2,5)3(6)7/h3-4H,1-2,7-8H2,(H,9,10)(H,11,12);5H2,1-2H3,(H,6,7)/t3-,4?;/m0./s1. The van der Waals surface area contributed by atoms with Gasteiger partial charge in [-0.3, -0.25) is 14.4 Å². The summed E-state index contributed by atoms with van der Waals surface area (Å²) in [5.74, 6) is -2.85. The Morgan fingerprint density at radius 3 is 1.40 bits per heavy atom. The van der Waals surface area contributed by atoms with Gasteiger partial charge in [0.05, 0.1) is 0 Å². The summed E-state index contributed by atoms with van der Waals surface area (Å²) < 4.78 is 0. The minimum atomic E-state index is -1.10. The van der Waals surface area contributed by atoms with Crippen LogP contribution in [0.5, 0.6) is 0 Å². The Labute approximate surface area is 120 Å². The third kappa shape index (κ3) is 11.7. The van der Waals surface area contributed by atoms with Gasteiger partial charge < -0.3 is 32.5 Å². The minimum absolute atomic E-state index is 0.163. The summed E-state index contributed by atoms with van der Waals surface area (Å²) >= 11 is 1.11. The molecule has 0 amide bonds. The molecule has 10 heteroatoms. The van der Waals surface area contributed by atoms with Crippen molar-refractivity contribution in [2.24, 2.45) is 17.2 Å². The monoisotopic (exact) mass is 311 g/mol. The van der Waals surface area contributed by atoms with Gasteiger partial charge in [-0.25, -0.2) is 0 Å². The first kappa shape index (κ1) is 20.9. The summed E-state index contributed by atoms with van der Waals surface area (Å²) in [5, 5.41) is 24.9. The van der Waals surface area contributed by atoms with Gasteiger partial charge in [-0.05, 0) is 13.8 Å². The zero-order valence-corrected chi connectivity index (χ0v) is 12.1. The maximum Gasteiger partial charge on any atom is 0.323 e. The van der Waals surface area contributed by atoms with Crippen LogP contribution in [-0.2, 0) is 14.4 Å². The molecule has 0 spiro atoms. The number of rotatable bonds is 7. The molecule has 0 aliphatic heterocycles. The molecule has 1 unspecified atom stereocenters. The maximum atomic E-state index is 10.2. The van der Waals surface area contributed by atoms with E-state index in [9.17, 15) is 14.4 Å². The average Bonchev–Trinajstić information content (AvgIpc) is 2.27. The van der Waals surface area contributed by atoms with Gasteiger partial charge in [-0.2, -0.15) is 11.8 Å². The molecule has 0 aromatic carbocycles. The van der Waals surface area contributed by atoms with Crippen LogP contribution in [0.4, 0.5) is 0 Å². The zero-order chi connectivity index (χ0) is 16.5. The Bertz CT molecular complexity index is 324. The number of carboxylic acid groups (broad SMARTS) is 3. The number of hydrogen-bond donors (Lipinski definition) is 6. The summed E-state index contributed by atoms with van der Waals surface area (Å²) in [6.07, 6.45) is 0. The summed E-state index contributed by atoms with van der Waals surface area (Å²) in [4.78, 5) is 30.3. The van der Waals surface area contributed by atoms with E-state index in [0.29, 0.717) is 0 Å².